The zero-order chi connectivity index (χ0) is 17.7. The van der Waals surface area contributed by atoms with Crippen molar-refractivity contribution in [2.45, 2.75) is 0 Å². The molecule has 0 amide bonds. The normalized spacial score (nSPS) is 11.4. The van der Waals surface area contributed by atoms with Gasteiger partial charge in [-0.2, -0.15) is 0 Å². The second-order valence-electron chi connectivity index (χ2n) is 5.11. The first kappa shape index (κ1) is 18.6. The smallest absolute Gasteiger partial charge is 0.120 e. The first-order valence-corrected chi connectivity index (χ1v) is 8.11. The molecule has 2 aromatic carbocycles. The van der Waals surface area contributed by atoms with Gasteiger partial charge in [0.1, 0.15) is 11.4 Å². The SMILES string of the molecule is COc1ccc(C=Nc2cc(Cl)c(N=CN(C)C)c(Cl)c2)c(Cl)c1. The standard InChI is InChI=1S/C17H16Cl3N3O/c1-23(2)10-22-17-15(19)6-12(7-16(17)20)21-9-11-4-5-13(24-3)8-14(11)18/h4-10H,1-3H3. The van der Waals surface area contributed by atoms with E-state index in [4.69, 9.17) is 39.5 Å². The van der Waals surface area contributed by atoms with E-state index in [2.05, 4.69) is 9.98 Å². The molecule has 0 saturated heterocycles. The van der Waals surface area contributed by atoms with Gasteiger partial charge in [0.2, 0.25) is 0 Å². The van der Waals surface area contributed by atoms with Crippen LogP contribution in [-0.2, 0) is 0 Å². The summed E-state index contributed by atoms with van der Waals surface area (Å²) in [6.45, 7) is 0. The van der Waals surface area contributed by atoms with Crippen LogP contribution in [0.1, 0.15) is 5.56 Å². The van der Waals surface area contributed by atoms with Gasteiger partial charge >= 0.3 is 0 Å². The summed E-state index contributed by atoms with van der Waals surface area (Å²) in [5.41, 5.74) is 1.88. The van der Waals surface area contributed by atoms with Crippen LogP contribution in [0.4, 0.5) is 11.4 Å². The van der Waals surface area contributed by atoms with Crippen molar-refractivity contribution < 1.29 is 4.74 Å². The van der Waals surface area contributed by atoms with Crippen LogP contribution in [-0.4, -0.2) is 38.7 Å². The van der Waals surface area contributed by atoms with Gasteiger partial charge in [-0.15, -0.1) is 0 Å². The molecule has 0 heterocycles. The maximum absolute atomic E-state index is 6.24. The minimum atomic E-state index is 0.425. The number of halogens is 3. The molecule has 4 nitrogen and oxygen atoms in total. The molecule has 0 atom stereocenters. The fraction of sp³-hybridized carbons (Fsp3) is 0.176. The molecule has 2 aromatic rings. The molecule has 0 aliphatic rings. The van der Waals surface area contributed by atoms with Crippen LogP contribution in [0.15, 0.2) is 40.3 Å². The Morgan fingerprint density at radius 2 is 1.62 bits per heavy atom. The van der Waals surface area contributed by atoms with Gasteiger partial charge in [0.05, 0.1) is 34.2 Å². The van der Waals surface area contributed by atoms with Gasteiger partial charge in [0.25, 0.3) is 0 Å². The number of benzene rings is 2. The molecule has 24 heavy (non-hydrogen) atoms. The average molecular weight is 385 g/mol. The highest BCUT2D eigenvalue weighted by Gasteiger charge is 2.07. The Morgan fingerprint density at radius 3 is 2.17 bits per heavy atom. The minimum Gasteiger partial charge on any atom is -0.497 e. The Bertz CT molecular complexity index is 766. The number of methoxy groups -OCH3 is 1. The Balaban J connectivity index is 2.27. The fourth-order valence-corrected chi connectivity index (χ4v) is 2.60. The van der Waals surface area contributed by atoms with Gasteiger partial charge in [-0.1, -0.05) is 34.8 Å². The van der Waals surface area contributed by atoms with Crippen molar-refractivity contribution in [3.63, 3.8) is 0 Å². The largest absolute Gasteiger partial charge is 0.497 e. The first-order valence-electron chi connectivity index (χ1n) is 6.98. The van der Waals surface area contributed by atoms with Crippen LogP contribution in [0.3, 0.4) is 0 Å². The van der Waals surface area contributed by atoms with Crippen LogP contribution < -0.4 is 4.74 Å². The molecule has 0 spiro atoms. The van der Waals surface area contributed by atoms with Crippen molar-refractivity contribution in [1.29, 1.82) is 0 Å². The van der Waals surface area contributed by atoms with E-state index in [1.807, 2.05) is 26.2 Å². The summed E-state index contributed by atoms with van der Waals surface area (Å²) in [6, 6.07) is 8.76. The molecular weight excluding hydrogens is 369 g/mol. The lowest BCUT2D eigenvalue weighted by Crippen LogP contribution is -2.07. The van der Waals surface area contributed by atoms with Gasteiger partial charge in [0, 0.05) is 25.9 Å². The second kappa shape index (κ2) is 8.38. The van der Waals surface area contributed by atoms with Crippen LogP contribution in [0.5, 0.6) is 5.75 Å². The fourth-order valence-electron chi connectivity index (χ4n) is 1.81. The van der Waals surface area contributed by atoms with Gasteiger partial charge in [0.15, 0.2) is 0 Å². The summed E-state index contributed by atoms with van der Waals surface area (Å²) >= 11 is 18.7. The topological polar surface area (TPSA) is 37.2 Å². The van der Waals surface area contributed by atoms with E-state index in [0.717, 1.165) is 5.56 Å². The van der Waals surface area contributed by atoms with Gasteiger partial charge < -0.3 is 9.64 Å². The summed E-state index contributed by atoms with van der Waals surface area (Å²) in [4.78, 5) is 10.4. The van der Waals surface area contributed by atoms with E-state index in [1.54, 1.807) is 42.8 Å². The van der Waals surface area contributed by atoms with Crippen molar-refractivity contribution in [2.24, 2.45) is 9.98 Å². The maximum Gasteiger partial charge on any atom is 0.120 e. The first-order chi connectivity index (χ1) is 11.4. The third kappa shape index (κ3) is 4.87. The Hall–Kier alpha value is -1.75. The molecule has 7 heteroatoms. The zero-order valence-electron chi connectivity index (χ0n) is 13.4. The van der Waals surface area contributed by atoms with Crippen molar-refractivity contribution >= 4 is 58.7 Å². The molecule has 0 aliphatic heterocycles. The molecule has 0 aromatic heterocycles. The van der Waals surface area contributed by atoms with Gasteiger partial charge in [-0.25, -0.2) is 4.99 Å². The van der Waals surface area contributed by atoms with E-state index in [0.29, 0.717) is 32.2 Å². The predicted octanol–water partition coefficient (Wildman–Crippen LogP) is 5.63. The predicted molar refractivity (Wildman–Crippen MR) is 104 cm³/mol. The Kier molecular flexibility index (Phi) is 6.49. The van der Waals surface area contributed by atoms with E-state index in [-0.39, 0.29) is 0 Å². The third-order valence-electron chi connectivity index (χ3n) is 2.98. The average Bonchev–Trinajstić information content (AvgIpc) is 2.52. The highest BCUT2D eigenvalue weighted by atomic mass is 35.5. The highest BCUT2D eigenvalue weighted by molar-refractivity contribution is 6.39. The quantitative estimate of drug-likeness (QED) is 0.495. The van der Waals surface area contributed by atoms with E-state index in [9.17, 15) is 0 Å². The van der Waals surface area contributed by atoms with Crippen molar-refractivity contribution in [3.05, 3.63) is 51.0 Å². The maximum atomic E-state index is 6.24. The second-order valence-corrected chi connectivity index (χ2v) is 6.33. The molecule has 0 bridgehead atoms. The minimum absolute atomic E-state index is 0.425. The number of rotatable bonds is 5. The summed E-state index contributed by atoms with van der Waals surface area (Å²) in [7, 11) is 5.31. The van der Waals surface area contributed by atoms with Gasteiger partial charge in [-0.05, 0) is 30.3 Å². The Labute approximate surface area is 156 Å². The number of hydrogen-bond acceptors (Lipinski definition) is 3. The molecule has 0 fully saturated rings. The van der Waals surface area contributed by atoms with Crippen LogP contribution in [0.2, 0.25) is 15.1 Å². The van der Waals surface area contributed by atoms with E-state index < -0.39 is 0 Å². The van der Waals surface area contributed by atoms with Gasteiger partial charge in [-0.3, -0.25) is 4.99 Å². The van der Waals surface area contributed by atoms with Crippen LogP contribution in [0, 0.1) is 0 Å². The highest BCUT2D eigenvalue weighted by Crippen LogP contribution is 2.37. The number of nitrogens with zero attached hydrogens (tertiary/aromatic N) is 3. The number of hydrogen-bond donors (Lipinski definition) is 0. The Morgan fingerprint density at radius 1 is 0.958 bits per heavy atom. The summed E-state index contributed by atoms with van der Waals surface area (Å²) in [6.07, 6.45) is 3.28. The summed E-state index contributed by atoms with van der Waals surface area (Å²) in [5, 5.41) is 1.39. The van der Waals surface area contributed by atoms with Crippen LogP contribution in [0.25, 0.3) is 0 Å². The van der Waals surface area contributed by atoms with E-state index in [1.165, 1.54) is 0 Å². The molecule has 0 aliphatic carbocycles. The molecular formula is C17H16Cl3N3O. The third-order valence-corrected chi connectivity index (χ3v) is 3.88. The summed E-state index contributed by atoms with van der Waals surface area (Å²) < 4.78 is 5.12. The van der Waals surface area contributed by atoms with Crippen molar-refractivity contribution in [3.8, 4) is 5.75 Å². The molecule has 0 radical (unpaired) electrons. The molecule has 2 rings (SSSR count). The molecule has 0 N–H and O–H groups in total. The van der Waals surface area contributed by atoms with E-state index >= 15 is 0 Å². The number of ether oxygens (including phenoxy) is 1. The van der Waals surface area contributed by atoms with Crippen LogP contribution >= 0.6 is 34.8 Å². The molecule has 0 saturated carbocycles. The monoisotopic (exact) mass is 383 g/mol. The van der Waals surface area contributed by atoms with Crippen molar-refractivity contribution in [1.82, 2.24) is 4.90 Å². The number of aliphatic imine (C=N–C) groups is 2. The molecule has 0 unspecified atom stereocenters. The lowest BCUT2D eigenvalue weighted by atomic mass is 10.2. The zero-order valence-corrected chi connectivity index (χ0v) is 15.7. The molecule has 126 valence electrons. The lowest BCUT2D eigenvalue weighted by Gasteiger charge is -2.06. The lowest BCUT2D eigenvalue weighted by molar-refractivity contribution is 0.415. The van der Waals surface area contributed by atoms with Crippen molar-refractivity contribution in [2.75, 3.05) is 21.2 Å². The summed E-state index contributed by atoms with van der Waals surface area (Å²) in [5.74, 6) is 0.686.